The van der Waals surface area contributed by atoms with Crippen LogP contribution in [0.15, 0.2) is 60.7 Å². The molecule has 168 valence electrons. The summed E-state index contributed by atoms with van der Waals surface area (Å²) in [6.07, 6.45) is 0.0402. The smallest absolute Gasteiger partial charge is 0.229 e. The number of halogens is 1. The number of benzene rings is 3. The molecule has 7 nitrogen and oxygen atoms in total. The molecule has 0 aliphatic rings. The zero-order valence-corrected chi connectivity index (χ0v) is 18.3. The molecule has 0 aliphatic heterocycles. The highest BCUT2D eigenvalue weighted by Gasteiger charge is 2.13. The maximum Gasteiger partial charge on any atom is 0.229 e. The first-order valence-corrected chi connectivity index (χ1v) is 12.1. The number of hydrogen-bond donors (Lipinski definition) is 5. The van der Waals surface area contributed by atoms with Gasteiger partial charge in [-0.3, -0.25) is 4.72 Å². The second-order valence-electron chi connectivity index (χ2n) is 7.69. The van der Waals surface area contributed by atoms with Gasteiger partial charge >= 0.3 is 0 Å². The van der Waals surface area contributed by atoms with Gasteiger partial charge in [-0.05, 0) is 35.9 Å². The largest absolute Gasteiger partial charge is 0.387 e. The Morgan fingerprint density at radius 2 is 1.78 bits per heavy atom. The van der Waals surface area contributed by atoms with E-state index in [1.54, 1.807) is 0 Å². The SMILES string of the molecule is CS(=O)(=O)Nc1cc(C(O)CNCCNc2ccc3c(c2)[nH]c2ccccc23)ccc1F. The Kier molecular flexibility index (Phi) is 6.31. The molecular formula is C23H25FN4O3S. The second-order valence-corrected chi connectivity index (χ2v) is 9.44. The van der Waals surface area contributed by atoms with E-state index in [2.05, 4.69) is 44.6 Å². The van der Waals surface area contributed by atoms with Crippen LogP contribution in [-0.4, -0.2) is 44.4 Å². The average Bonchev–Trinajstić information content (AvgIpc) is 3.11. The minimum atomic E-state index is -3.61. The first-order valence-electron chi connectivity index (χ1n) is 10.2. The third-order valence-electron chi connectivity index (χ3n) is 5.15. The molecule has 0 saturated heterocycles. The molecule has 1 heterocycles. The minimum Gasteiger partial charge on any atom is -0.387 e. The van der Waals surface area contributed by atoms with Crippen LogP contribution in [0, 0.1) is 5.82 Å². The van der Waals surface area contributed by atoms with Gasteiger partial charge in [-0.15, -0.1) is 0 Å². The van der Waals surface area contributed by atoms with Crippen molar-refractivity contribution in [2.45, 2.75) is 6.10 Å². The van der Waals surface area contributed by atoms with Gasteiger partial charge in [0.05, 0.1) is 18.0 Å². The van der Waals surface area contributed by atoms with E-state index in [9.17, 15) is 17.9 Å². The van der Waals surface area contributed by atoms with Crippen LogP contribution in [0.4, 0.5) is 15.8 Å². The number of aromatic amines is 1. The summed E-state index contributed by atoms with van der Waals surface area (Å²) in [6, 6.07) is 18.2. The Morgan fingerprint density at radius 1 is 1.00 bits per heavy atom. The highest BCUT2D eigenvalue weighted by Crippen LogP contribution is 2.27. The van der Waals surface area contributed by atoms with Crippen molar-refractivity contribution in [1.82, 2.24) is 10.3 Å². The minimum absolute atomic E-state index is 0.182. The fourth-order valence-electron chi connectivity index (χ4n) is 3.64. The normalized spacial score (nSPS) is 12.8. The van der Waals surface area contributed by atoms with Crippen LogP contribution in [0.5, 0.6) is 0 Å². The van der Waals surface area contributed by atoms with Gasteiger partial charge in [-0.25, -0.2) is 12.8 Å². The van der Waals surface area contributed by atoms with Gasteiger partial charge in [-0.2, -0.15) is 0 Å². The van der Waals surface area contributed by atoms with Crippen LogP contribution < -0.4 is 15.4 Å². The molecule has 5 N–H and O–H groups in total. The summed E-state index contributed by atoms with van der Waals surface area (Å²) in [5.74, 6) is -0.699. The molecular weight excluding hydrogens is 431 g/mol. The van der Waals surface area contributed by atoms with Gasteiger partial charge < -0.3 is 20.7 Å². The molecule has 9 heteroatoms. The zero-order valence-electron chi connectivity index (χ0n) is 17.5. The van der Waals surface area contributed by atoms with Gasteiger partial charge in [-0.1, -0.05) is 30.3 Å². The molecule has 1 unspecified atom stereocenters. The first-order chi connectivity index (χ1) is 15.3. The summed E-state index contributed by atoms with van der Waals surface area (Å²) in [5, 5.41) is 19.2. The molecule has 4 rings (SSSR count). The van der Waals surface area contributed by atoms with Crippen LogP contribution in [0.2, 0.25) is 0 Å². The number of para-hydroxylation sites is 1. The van der Waals surface area contributed by atoms with E-state index < -0.39 is 21.9 Å². The Labute approximate surface area is 185 Å². The van der Waals surface area contributed by atoms with Crippen LogP contribution >= 0.6 is 0 Å². The van der Waals surface area contributed by atoms with Crippen molar-refractivity contribution in [3.8, 4) is 0 Å². The quantitative estimate of drug-likeness (QED) is 0.248. The van der Waals surface area contributed by atoms with Crippen molar-refractivity contribution in [3.63, 3.8) is 0 Å². The molecule has 1 atom stereocenters. The Morgan fingerprint density at radius 3 is 2.59 bits per heavy atom. The lowest BCUT2D eigenvalue weighted by atomic mass is 10.1. The topological polar surface area (TPSA) is 106 Å². The van der Waals surface area contributed by atoms with E-state index in [4.69, 9.17) is 0 Å². The molecule has 0 spiro atoms. The first kappa shape index (κ1) is 22.1. The van der Waals surface area contributed by atoms with Crippen LogP contribution in [0.1, 0.15) is 11.7 Å². The molecule has 4 aromatic rings. The average molecular weight is 457 g/mol. The van der Waals surface area contributed by atoms with Gasteiger partial charge in [0.15, 0.2) is 0 Å². The van der Waals surface area contributed by atoms with Crippen molar-refractivity contribution in [2.75, 3.05) is 35.9 Å². The lowest BCUT2D eigenvalue weighted by Gasteiger charge is -2.15. The second kappa shape index (κ2) is 9.15. The fraction of sp³-hybridized carbons (Fsp3) is 0.217. The summed E-state index contributed by atoms with van der Waals surface area (Å²) in [7, 11) is -3.61. The molecule has 0 amide bonds. The summed E-state index contributed by atoms with van der Waals surface area (Å²) >= 11 is 0. The number of hydrogen-bond acceptors (Lipinski definition) is 5. The van der Waals surface area contributed by atoms with Crippen molar-refractivity contribution >= 4 is 43.2 Å². The van der Waals surface area contributed by atoms with E-state index in [0.717, 1.165) is 29.0 Å². The standard InChI is InChI=1S/C23H25FN4O3S/c1-32(30,31)28-22-12-15(6-9-19(22)24)23(29)14-25-10-11-26-16-7-8-18-17-4-2-3-5-20(17)27-21(18)13-16/h2-9,12-13,23,25-29H,10-11,14H2,1H3. The molecule has 0 bridgehead atoms. The van der Waals surface area contributed by atoms with Crippen molar-refractivity contribution in [1.29, 1.82) is 0 Å². The van der Waals surface area contributed by atoms with Gasteiger partial charge in [0, 0.05) is 47.1 Å². The molecule has 3 aromatic carbocycles. The summed E-state index contributed by atoms with van der Waals surface area (Å²) in [5.41, 5.74) is 3.39. The highest BCUT2D eigenvalue weighted by molar-refractivity contribution is 7.92. The molecule has 0 radical (unpaired) electrons. The fourth-order valence-corrected chi connectivity index (χ4v) is 4.20. The molecule has 0 aliphatic carbocycles. The summed E-state index contributed by atoms with van der Waals surface area (Å²) in [6.45, 7) is 1.48. The molecule has 0 saturated carbocycles. The van der Waals surface area contributed by atoms with Crippen molar-refractivity contribution in [2.24, 2.45) is 0 Å². The Balaban J connectivity index is 1.29. The number of aliphatic hydroxyl groups excluding tert-OH is 1. The summed E-state index contributed by atoms with van der Waals surface area (Å²) in [4.78, 5) is 3.42. The van der Waals surface area contributed by atoms with Crippen LogP contribution in [0.25, 0.3) is 21.8 Å². The van der Waals surface area contributed by atoms with Gasteiger partial charge in [0.25, 0.3) is 0 Å². The maximum absolute atomic E-state index is 13.8. The number of sulfonamides is 1. The number of aliphatic hydroxyl groups is 1. The monoisotopic (exact) mass is 456 g/mol. The third-order valence-corrected chi connectivity index (χ3v) is 5.74. The predicted molar refractivity (Wildman–Crippen MR) is 127 cm³/mol. The van der Waals surface area contributed by atoms with Gasteiger partial charge in [0.2, 0.25) is 10.0 Å². The summed E-state index contributed by atoms with van der Waals surface area (Å²) < 4.78 is 38.6. The molecule has 32 heavy (non-hydrogen) atoms. The highest BCUT2D eigenvalue weighted by atomic mass is 32.2. The molecule has 0 fully saturated rings. The van der Waals surface area contributed by atoms with Crippen LogP contribution in [-0.2, 0) is 10.0 Å². The predicted octanol–water partition coefficient (Wildman–Crippen LogP) is 3.57. The number of nitrogens with one attached hydrogen (secondary N) is 4. The van der Waals surface area contributed by atoms with Crippen molar-refractivity contribution in [3.05, 3.63) is 72.0 Å². The lowest BCUT2D eigenvalue weighted by Crippen LogP contribution is -2.27. The van der Waals surface area contributed by atoms with E-state index in [-0.39, 0.29) is 12.2 Å². The Bertz CT molecular complexity index is 1350. The number of fused-ring (bicyclic) bond motifs is 3. The van der Waals surface area contributed by atoms with E-state index >= 15 is 0 Å². The van der Waals surface area contributed by atoms with E-state index in [1.807, 2.05) is 18.2 Å². The molecule has 1 aromatic heterocycles. The van der Waals surface area contributed by atoms with Crippen molar-refractivity contribution < 1.29 is 17.9 Å². The maximum atomic E-state index is 13.8. The van der Waals surface area contributed by atoms with Crippen LogP contribution in [0.3, 0.4) is 0 Å². The number of anilines is 2. The van der Waals surface area contributed by atoms with Gasteiger partial charge in [0.1, 0.15) is 5.82 Å². The third kappa shape index (κ3) is 5.18. The van der Waals surface area contributed by atoms with E-state index in [1.165, 1.54) is 22.9 Å². The van der Waals surface area contributed by atoms with E-state index in [0.29, 0.717) is 18.7 Å². The number of aromatic nitrogens is 1. The number of rotatable bonds is 9. The number of H-pyrrole nitrogens is 1. The lowest BCUT2D eigenvalue weighted by molar-refractivity contribution is 0.175. The Hall–Kier alpha value is -3.14. The zero-order chi connectivity index (χ0) is 22.7.